The van der Waals surface area contributed by atoms with E-state index in [9.17, 15) is 27.2 Å². The lowest BCUT2D eigenvalue weighted by molar-refractivity contribution is -0.137. The summed E-state index contributed by atoms with van der Waals surface area (Å²) in [6, 6.07) is 10.1. The van der Waals surface area contributed by atoms with E-state index in [1.165, 1.54) is 36.4 Å². The highest BCUT2D eigenvalue weighted by molar-refractivity contribution is 5.93. The predicted molar refractivity (Wildman–Crippen MR) is 113 cm³/mol. The Labute approximate surface area is 180 Å². The van der Waals surface area contributed by atoms with Crippen LogP contribution in [0.15, 0.2) is 53.3 Å². The number of amides is 1. The van der Waals surface area contributed by atoms with Crippen molar-refractivity contribution >= 4 is 28.2 Å². The largest absolute Gasteiger partial charge is 0.416 e. The van der Waals surface area contributed by atoms with Gasteiger partial charge >= 0.3 is 6.18 Å². The topological polar surface area (TPSA) is 68.4 Å². The van der Waals surface area contributed by atoms with Gasteiger partial charge in [0.15, 0.2) is 0 Å². The third kappa shape index (κ3) is 4.91. The van der Waals surface area contributed by atoms with Crippen LogP contribution >= 0.6 is 0 Å². The Hall–Kier alpha value is -3.40. The van der Waals surface area contributed by atoms with E-state index in [1.54, 1.807) is 0 Å². The summed E-state index contributed by atoms with van der Waals surface area (Å²) in [4.78, 5) is 30.8. The Morgan fingerprint density at radius 2 is 1.78 bits per heavy atom. The number of rotatable bonds is 4. The van der Waals surface area contributed by atoms with Gasteiger partial charge in [0.2, 0.25) is 11.5 Å². The maximum atomic E-state index is 13.7. The Balaban J connectivity index is 1.39. The number of hydrogen-bond acceptors (Lipinski definition) is 4. The summed E-state index contributed by atoms with van der Waals surface area (Å²) >= 11 is 0. The van der Waals surface area contributed by atoms with Crippen molar-refractivity contribution in [1.82, 2.24) is 9.88 Å². The fourth-order valence-electron chi connectivity index (χ4n) is 3.79. The van der Waals surface area contributed by atoms with Crippen LogP contribution in [0.2, 0.25) is 0 Å². The zero-order chi connectivity index (χ0) is 22.9. The van der Waals surface area contributed by atoms with Crippen LogP contribution in [-0.4, -0.2) is 48.5 Å². The number of carbonyl (C=O) groups excluding carboxylic acids is 1. The average Bonchev–Trinajstić information content (AvgIpc) is 2.73. The number of aromatic amines is 1. The summed E-state index contributed by atoms with van der Waals surface area (Å²) in [5.41, 5.74) is 0.126. The molecule has 0 unspecified atom stereocenters. The van der Waals surface area contributed by atoms with Crippen LogP contribution in [0.5, 0.6) is 0 Å². The number of fused-ring (bicyclic) bond motifs is 1. The van der Waals surface area contributed by atoms with Gasteiger partial charge in [0.25, 0.3) is 0 Å². The first-order valence-corrected chi connectivity index (χ1v) is 9.96. The highest BCUT2D eigenvalue weighted by Crippen LogP contribution is 2.30. The molecule has 2 N–H and O–H groups in total. The van der Waals surface area contributed by atoms with Crippen molar-refractivity contribution in [2.75, 3.05) is 42.9 Å². The van der Waals surface area contributed by atoms with E-state index in [0.29, 0.717) is 42.8 Å². The first kappa shape index (κ1) is 21.8. The molecule has 168 valence electrons. The molecule has 10 heteroatoms. The molecule has 1 aliphatic rings. The van der Waals surface area contributed by atoms with Crippen molar-refractivity contribution < 1.29 is 22.4 Å². The van der Waals surface area contributed by atoms with Gasteiger partial charge < -0.3 is 15.2 Å². The molecule has 3 aromatic rings. The molecule has 1 fully saturated rings. The molecule has 4 rings (SSSR count). The normalized spacial score (nSPS) is 15.2. The fourth-order valence-corrected chi connectivity index (χ4v) is 3.79. The van der Waals surface area contributed by atoms with Gasteiger partial charge in [0.1, 0.15) is 5.82 Å². The maximum absolute atomic E-state index is 13.7. The molecule has 0 aliphatic carbocycles. The lowest BCUT2D eigenvalue weighted by atomic mass is 10.1. The summed E-state index contributed by atoms with van der Waals surface area (Å²) in [6.07, 6.45) is -4.48. The van der Waals surface area contributed by atoms with Crippen molar-refractivity contribution in [1.29, 1.82) is 0 Å². The first-order chi connectivity index (χ1) is 15.2. The quantitative estimate of drug-likeness (QED) is 0.600. The predicted octanol–water partition coefficient (Wildman–Crippen LogP) is 3.45. The van der Waals surface area contributed by atoms with Gasteiger partial charge in [0, 0.05) is 43.3 Å². The summed E-state index contributed by atoms with van der Waals surface area (Å²) in [7, 11) is 0. The van der Waals surface area contributed by atoms with Gasteiger partial charge in [-0.1, -0.05) is 6.07 Å². The van der Waals surface area contributed by atoms with E-state index >= 15 is 0 Å². The molecule has 6 nitrogen and oxygen atoms in total. The lowest BCUT2D eigenvalue weighted by Gasteiger charge is -2.36. The summed E-state index contributed by atoms with van der Waals surface area (Å²) in [5.74, 6) is -0.822. The van der Waals surface area contributed by atoms with E-state index in [2.05, 4.69) is 10.3 Å². The molecule has 1 aromatic heterocycles. The summed E-state index contributed by atoms with van der Waals surface area (Å²) < 4.78 is 52.2. The standard InChI is InChI=1S/C22H20F4N4O2/c23-15-4-5-18-17(11-15)19(12-20(31)28-18)30-8-6-29(7-9-30)13-21(32)27-16-3-1-2-14(10-16)22(24,25)26/h1-5,10-12H,6-9,13H2,(H,27,32)(H,28,31). The molecular formula is C22H20F4N4O2. The summed E-state index contributed by atoms with van der Waals surface area (Å²) in [5, 5.41) is 3.10. The van der Waals surface area contributed by atoms with Gasteiger partial charge in [-0.05, 0) is 36.4 Å². The van der Waals surface area contributed by atoms with Crippen molar-refractivity contribution in [2.45, 2.75) is 6.18 Å². The van der Waals surface area contributed by atoms with E-state index < -0.39 is 23.5 Å². The molecular weight excluding hydrogens is 428 g/mol. The zero-order valence-corrected chi connectivity index (χ0v) is 16.9. The molecule has 0 bridgehead atoms. The van der Waals surface area contributed by atoms with Gasteiger partial charge in [-0.3, -0.25) is 14.5 Å². The van der Waals surface area contributed by atoms with E-state index in [0.717, 1.165) is 12.1 Å². The minimum absolute atomic E-state index is 0.0227. The highest BCUT2D eigenvalue weighted by atomic mass is 19.4. The maximum Gasteiger partial charge on any atom is 0.416 e. The third-order valence-electron chi connectivity index (χ3n) is 5.34. The number of aromatic nitrogens is 1. The number of piperazine rings is 1. The van der Waals surface area contributed by atoms with Crippen LogP contribution in [0.1, 0.15) is 5.56 Å². The number of alkyl halides is 3. The number of anilines is 2. The SMILES string of the molecule is O=C(CN1CCN(c2cc(=O)[nH]c3ccc(F)cc23)CC1)Nc1cccc(C(F)(F)F)c1. The molecule has 0 atom stereocenters. The number of benzene rings is 2. The number of nitrogens with one attached hydrogen (secondary N) is 2. The van der Waals surface area contributed by atoms with Crippen molar-refractivity contribution in [3.8, 4) is 0 Å². The van der Waals surface area contributed by atoms with E-state index in [-0.39, 0.29) is 17.8 Å². The van der Waals surface area contributed by atoms with E-state index in [1.807, 2.05) is 9.80 Å². The molecule has 0 spiro atoms. The molecule has 0 radical (unpaired) electrons. The monoisotopic (exact) mass is 448 g/mol. The Morgan fingerprint density at radius 3 is 2.50 bits per heavy atom. The highest BCUT2D eigenvalue weighted by Gasteiger charge is 2.30. The van der Waals surface area contributed by atoms with Gasteiger partial charge in [0.05, 0.1) is 23.3 Å². The molecule has 0 saturated carbocycles. The van der Waals surface area contributed by atoms with Crippen molar-refractivity contribution in [3.05, 3.63) is 70.3 Å². The second-order valence-corrected chi connectivity index (χ2v) is 7.60. The van der Waals surface area contributed by atoms with Crippen LogP contribution in [0.4, 0.5) is 28.9 Å². The molecule has 2 heterocycles. The smallest absolute Gasteiger partial charge is 0.368 e. The van der Waals surface area contributed by atoms with Crippen LogP contribution in [0, 0.1) is 5.82 Å². The van der Waals surface area contributed by atoms with Crippen LogP contribution in [0.3, 0.4) is 0 Å². The van der Waals surface area contributed by atoms with Gasteiger partial charge in [-0.25, -0.2) is 4.39 Å². The Morgan fingerprint density at radius 1 is 1.03 bits per heavy atom. The molecule has 2 aromatic carbocycles. The number of carbonyl (C=O) groups is 1. The van der Waals surface area contributed by atoms with Crippen LogP contribution in [0.25, 0.3) is 10.9 Å². The number of H-pyrrole nitrogens is 1. The first-order valence-electron chi connectivity index (χ1n) is 9.96. The number of halogens is 4. The second kappa shape index (κ2) is 8.62. The minimum atomic E-state index is -4.48. The summed E-state index contributed by atoms with van der Waals surface area (Å²) in [6.45, 7) is 2.03. The number of hydrogen-bond donors (Lipinski definition) is 2. The number of nitrogens with zero attached hydrogens (tertiary/aromatic N) is 2. The molecule has 1 aliphatic heterocycles. The Bertz CT molecular complexity index is 1200. The van der Waals surface area contributed by atoms with Crippen molar-refractivity contribution in [3.63, 3.8) is 0 Å². The van der Waals surface area contributed by atoms with E-state index in [4.69, 9.17) is 0 Å². The second-order valence-electron chi connectivity index (χ2n) is 7.60. The third-order valence-corrected chi connectivity index (χ3v) is 5.34. The lowest BCUT2D eigenvalue weighted by Crippen LogP contribution is -2.49. The molecule has 32 heavy (non-hydrogen) atoms. The van der Waals surface area contributed by atoms with Crippen LogP contribution < -0.4 is 15.8 Å². The van der Waals surface area contributed by atoms with Gasteiger partial charge in [-0.2, -0.15) is 13.2 Å². The number of pyridine rings is 1. The fraction of sp³-hybridized carbons (Fsp3) is 0.273. The molecule has 1 amide bonds. The molecule has 1 saturated heterocycles. The zero-order valence-electron chi connectivity index (χ0n) is 16.9. The van der Waals surface area contributed by atoms with Crippen molar-refractivity contribution in [2.24, 2.45) is 0 Å². The Kier molecular flexibility index (Phi) is 5.88. The average molecular weight is 448 g/mol. The minimum Gasteiger partial charge on any atom is -0.368 e. The van der Waals surface area contributed by atoms with Crippen LogP contribution in [-0.2, 0) is 11.0 Å². The van der Waals surface area contributed by atoms with Gasteiger partial charge in [-0.15, -0.1) is 0 Å².